The van der Waals surface area contributed by atoms with Gasteiger partial charge in [-0.3, -0.25) is 4.79 Å². The number of aromatic nitrogens is 1. The van der Waals surface area contributed by atoms with E-state index in [9.17, 15) is 4.79 Å². The quantitative estimate of drug-likeness (QED) is 0.663. The number of thiazole rings is 1. The van der Waals surface area contributed by atoms with Gasteiger partial charge in [0.1, 0.15) is 9.34 Å². The molecule has 0 saturated heterocycles. The number of carbonyl (C=O) groups excluding carboxylic acids is 1. The molecule has 0 radical (unpaired) electrons. The highest BCUT2D eigenvalue weighted by molar-refractivity contribution is 7.19. The summed E-state index contributed by atoms with van der Waals surface area (Å²) >= 11 is 13.4. The molecule has 4 nitrogen and oxygen atoms in total. The van der Waals surface area contributed by atoms with Crippen molar-refractivity contribution in [2.45, 2.75) is 25.9 Å². The number of hydrogen-bond donors (Lipinski definition) is 0. The molecule has 2 aromatic rings. The minimum absolute atomic E-state index is 0.0576. The Morgan fingerprint density at radius 3 is 2.65 bits per heavy atom. The number of ether oxygens (including phenoxy) is 2. The smallest absolute Gasteiger partial charge is 0.311 e. The van der Waals surface area contributed by atoms with Gasteiger partial charge in [-0.1, -0.05) is 35.3 Å². The van der Waals surface area contributed by atoms with Crippen LogP contribution in [0.1, 0.15) is 19.0 Å². The predicted molar refractivity (Wildman–Crippen MR) is 93.3 cm³/mol. The van der Waals surface area contributed by atoms with Crippen molar-refractivity contribution < 1.29 is 14.3 Å². The first kappa shape index (κ1) is 18.2. The van der Waals surface area contributed by atoms with Crippen molar-refractivity contribution in [3.8, 4) is 10.6 Å². The van der Waals surface area contributed by atoms with E-state index in [-0.39, 0.29) is 18.5 Å². The van der Waals surface area contributed by atoms with Gasteiger partial charge in [-0.2, -0.15) is 0 Å². The largest absolute Gasteiger partial charge is 0.465 e. The molecule has 0 aliphatic rings. The predicted octanol–water partition coefficient (Wildman–Crippen LogP) is 4.63. The number of nitrogens with zero attached hydrogens (tertiary/aromatic N) is 1. The first-order valence-electron chi connectivity index (χ1n) is 7.09. The maximum Gasteiger partial charge on any atom is 0.311 e. The fourth-order valence-electron chi connectivity index (χ4n) is 1.80. The number of halogens is 2. The lowest BCUT2D eigenvalue weighted by Gasteiger charge is -2.09. The van der Waals surface area contributed by atoms with E-state index in [2.05, 4.69) is 4.98 Å². The van der Waals surface area contributed by atoms with E-state index in [1.165, 1.54) is 11.3 Å². The number of methoxy groups -OCH3 is 1. The van der Waals surface area contributed by atoms with E-state index in [4.69, 9.17) is 32.7 Å². The van der Waals surface area contributed by atoms with Gasteiger partial charge in [-0.25, -0.2) is 4.98 Å². The second-order valence-electron chi connectivity index (χ2n) is 4.98. The summed E-state index contributed by atoms with van der Waals surface area (Å²) in [5.41, 5.74) is 1.45. The zero-order chi connectivity index (χ0) is 16.8. The average Bonchev–Trinajstić information content (AvgIpc) is 2.88. The van der Waals surface area contributed by atoms with Crippen LogP contribution in [-0.4, -0.2) is 30.8 Å². The van der Waals surface area contributed by atoms with Gasteiger partial charge in [0, 0.05) is 24.1 Å². The van der Waals surface area contributed by atoms with Crippen molar-refractivity contribution >= 4 is 40.5 Å². The SMILES string of the molecule is COC(C)CCOC(=O)Cc1nc(-c2ccc(Cl)cc2)sc1Cl. The highest BCUT2D eigenvalue weighted by Crippen LogP contribution is 2.32. The fourth-order valence-corrected chi connectivity index (χ4v) is 3.07. The lowest BCUT2D eigenvalue weighted by molar-refractivity contribution is -0.143. The van der Waals surface area contributed by atoms with Crippen LogP contribution in [0.4, 0.5) is 0 Å². The summed E-state index contributed by atoms with van der Waals surface area (Å²) < 4.78 is 10.8. The van der Waals surface area contributed by atoms with Crippen LogP contribution in [0.15, 0.2) is 24.3 Å². The lowest BCUT2D eigenvalue weighted by atomic mass is 10.2. The van der Waals surface area contributed by atoms with Crippen molar-refractivity contribution in [1.82, 2.24) is 4.98 Å². The second kappa shape index (κ2) is 8.64. The molecular weight excluding hydrogens is 357 g/mol. The van der Waals surface area contributed by atoms with Crippen LogP contribution in [0.25, 0.3) is 10.6 Å². The number of hydrogen-bond acceptors (Lipinski definition) is 5. The van der Waals surface area contributed by atoms with Crippen LogP contribution in [0.3, 0.4) is 0 Å². The van der Waals surface area contributed by atoms with E-state index in [1.807, 2.05) is 19.1 Å². The normalized spacial score (nSPS) is 12.2. The van der Waals surface area contributed by atoms with Crippen molar-refractivity contribution in [2.24, 2.45) is 0 Å². The van der Waals surface area contributed by atoms with Gasteiger partial charge in [0.25, 0.3) is 0 Å². The molecule has 0 N–H and O–H groups in total. The van der Waals surface area contributed by atoms with E-state index >= 15 is 0 Å². The van der Waals surface area contributed by atoms with Crippen LogP contribution in [0, 0.1) is 0 Å². The van der Waals surface area contributed by atoms with Crippen molar-refractivity contribution in [3.63, 3.8) is 0 Å². The lowest BCUT2D eigenvalue weighted by Crippen LogP contribution is -2.14. The van der Waals surface area contributed by atoms with E-state index < -0.39 is 0 Å². The Balaban J connectivity index is 1.95. The molecule has 1 heterocycles. The molecule has 0 bridgehead atoms. The maximum absolute atomic E-state index is 11.9. The number of carbonyl (C=O) groups is 1. The summed E-state index contributed by atoms with van der Waals surface area (Å²) in [5.74, 6) is -0.344. The van der Waals surface area contributed by atoms with Gasteiger partial charge in [0.2, 0.25) is 0 Å². The molecule has 124 valence electrons. The first-order valence-corrected chi connectivity index (χ1v) is 8.66. The molecule has 1 aromatic heterocycles. The number of rotatable bonds is 7. The average molecular weight is 374 g/mol. The third kappa shape index (κ3) is 5.46. The third-order valence-corrected chi connectivity index (χ3v) is 4.88. The Hall–Kier alpha value is -1.14. The molecule has 0 saturated carbocycles. The van der Waals surface area contributed by atoms with Crippen molar-refractivity contribution in [3.05, 3.63) is 39.3 Å². The van der Waals surface area contributed by atoms with Crippen LogP contribution in [0.5, 0.6) is 0 Å². The molecule has 1 unspecified atom stereocenters. The van der Waals surface area contributed by atoms with Crippen molar-refractivity contribution in [1.29, 1.82) is 0 Å². The van der Waals surface area contributed by atoms with Gasteiger partial charge in [-0.15, -0.1) is 11.3 Å². The minimum Gasteiger partial charge on any atom is -0.465 e. The van der Waals surface area contributed by atoms with Crippen LogP contribution < -0.4 is 0 Å². The fraction of sp³-hybridized carbons (Fsp3) is 0.375. The molecule has 23 heavy (non-hydrogen) atoms. The van der Waals surface area contributed by atoms with Gasteiger partial charge in [0.05, 0.1) is 24.8 Å². The molecule has 0 fully saturated rings. The molecule has 0 amide bonds. The van der Waals surface area contributed by atoms with E-state index in [1.54, 1.807) is 19.2 Å². The highest BCUT2D eigenvalue weighted by Gasteiger charge is 2.15. The van der Waals surface area contributed by atoms with Crippen LogP contribution in [-0.2, 0) is 20.7 Å². The number of esters is 1. The summed E-state index contributed by atoms with van der Waals surface area (Å²) in [4.78, 5) is 16.3. The Morgan fingerprint density at radius 2 is 2.00 bits per heavy atom. The van der Waals surface area contributed by atoms with Gasteiger partial charge < -0.3 is 9.47 Å². The maximum atomic E-state index is 11.9. The number of benzene rings is 1. The highest BCUT2D eigenvalue weighted by atomic mass is 35.5. The standard InChI is InChI=1S/C16H17Cl2NO3S/c1-10(21-2)7-8-22-14(20)9-13-15(18)23-16(19-13)11-3-5-12(17)6-4-11/h3-6,10H,7-9H2,1-2H3. The van der Waals surface area contributed by atoms with E-state index in [0.717, 1.165) is 10.6 Å². The zero-order valence-corrected chi connectivity index (χ0v) is 15.2. The Bertz CT molecular complexity index is 658. The van der Waals surface area contributed by atoms with Gasteiger partial charge in [0.15, 0.2) is 0 Å². The van der Waals surface area contributed by atoms with Crippen LogP contribution >= 0.6 is 34.5 Å². The molecule has 0 spiro atoms. The summed E-state index contributed by atoms with van der Waals surface area (Å²) in [6, 6.07) is 7.31. The van der Waals surface area contributed by atoms with Crippen molar-refractivity contribution in [2.75, 3.05) is 13.7 Å². The summed E-state index contributed by atoms with van der Waals surface area (Å²) in [5, 5.41) is 1.41. The van der Waals surface area contributed by atoms with Gasteiger partial charge in [-0.05, 0) is 19.1 Å². The second-order valence-corrected chi connectivity index (χ2v) is 7.02. The van der Waals surface area contributed by atoms with Gasteiger partial charge >= 0.3 is 5.97 Å². The molecule has 7 heteroatoms. The van der Waals surface area contributed by atoms with Crippen LogP contribution in [0.2, 0.25) is 9.36 Å². The Morgan fingerprint density at radius 1 is 1.30 bits per heavy atom. The topological polar surface area (TPSA) is 48.4 Å². The molecule has 0 aliphatic carbocycles. The van der Waals surface area contributed by atoms with E-state index in [0.29, 0.717) is 28.1 Å². The molecule has 2 rings (SSSR count). The molecule has 0 aliphatic heterocycles. The molecule has 1 atom stereocenters. The molecule has 1 aromatic carbocycles. The summed E-state index contributed by atoms with van der Waals surface area (Å²) in [6.07, 6.45) is 0.773. The summed E-state index contributed by atoms with van der Waals surface area (Å²) in [7, 11) is 1.62. The zero-order valence-electron chi connectivity index (χ0n) is 12.8. The molecular formula is C16H17Cl2NO3S. The minimum atomic E-state index is -0.344. The third-order valence-electron chi connectivity index (χ3n) is 3.24. The Labute approximate surface area is 149 Å². The Kier molecular flexibility index (Phi) is 6.84. The first-order chi connectivity index (χ1) is 11.0. The summed E-state index contributed by atoms with van der Waals surface area (Å²) in [6.45, 7) is 2.24. The monoisotopic (exact) mass is 373 g/mol.